The summed E-state index contributed by atoms with van der Waals surface area (Å²) in [5.41, 5.74) is 2.38. The van der Waals surface area contributed by atoms with E-state index < -0.39 is 0 Å². The number of hydrogen-bond acceptors (Lipinski definition) is 3. The minimum atomic E-state index is 0.0224. The van der Waals surface area contributed by atoms with E-state index in [1.165, 1.54) is 31.3 Å². The van der Waals surface area contributed by atoms with Gasteiger partial charge in [-0.25, -0.2) is 0 Å². The second-order valence-electron chi connectivity index (χ2n) is 5.29. The van der Waals surface area contributed by atoms with Gasteiger partial charge in [-0.1, -0.05) is 17.7 Å². The van der Waals surface area contributed by atoms with Crippen LogP contribution in [0.4, 0.5) is 5.69 Å². The van der Waals surface area contributed by atoms with Crippen LogP contribution >= 0.6 is 0 Å². The lowest BCUT2D eigenvalue weighted by molar-refractivity contribution is -0.119. The lowest BCUT2D eigenvalue weighted by atomic mass is 9.97. The summed E-state index contributed by atoms with van der Waals surface area (Å²) in [5.74, 6) is 0.805. The first-order valence-corrected chi connectivity index (χ1v) is 7.60. The van der Waals surface area contributed by atoms with Crippen LogP contribution in [0.2, 0.25) is 0 Å². The Morgan fingerprint density at radius 1 is 1.33 bits per heavy atom. The van der Waals surface area contributed by atoms with Crippen LogP contribution in [0.3, 0.4) is 0 Å². The van der Waals surface area contributed by atoms with Gasteiger partial charge in [0.1, 0.15) is 5.75 Å². The molecule has 4 nitrogen and oxygen atoms in total. The number of carbonyl (C=O) groups excluding carboxylic acids is 1. The second-order valence-corrected chi connectivity index (χ2v) is 5.29. The standard InChI is InChI=1S/C17H24N2O2/c1-21-16-9-5-8-15(12-16)19-13-17(20)18-11-10-14-6-3-2-4-7-14/h5-6,8-9,12,19H,2-4,7,10-11,13H2,1H3,(H,18,20). The van der Waals surface area contributed by atoms with Gasteiger partial charge in [0.05, 0.1) is 13.7 Å². The highest BCUT2D eigenvalue weighted by molar-refractivity contribution is 5.80. The molecule has 0 aliphatic heterocycles. The number of allylic oxidation sites excluding steroid dienone is 1. The van der Waals surface area contributed by atoms with Crippen molar-refractivity contribution in [3.05, 3.63) is 35.9 Å². The Morgan fingerprint density at radius 3 is 3.00 bits per heavy atom. The van der Waals surface area contributed by atoms with Gasteiger partial charge in [0, 0.05) is 18.3 Å². The lowest BCUT2D eigenvalue weighted by Crippen LogP contribution is -2.30. The number of benzene rings is 1. The van der Waals surface area contributed by atoms with Crippen LogP contribution in [0, 0.1) is 0 Å². The maximum absolute atomic E-state index is 11.8. The van der Waals surface area contributed by atoms with Crippen molar-refractivity contribution in [2.24, 2.45) is 0 Å². The molecule has 1 aliphatic carbocycles. The number of nitrogens with one attached hydrogen (secondary N) is 2. The maximum Gasteiger partial charge on any atom is 0.239 e. The zero-order valence-corrected chi connectivity index (χ0v) is 12.7. The molecule has 4 heteroatoms. The van der Waals surface area contributed by atoms with E-state index >= 15 is 0 Å². The third-order valence-corrected chi connectivity index (χ3v) is 3.68. The minimum Gasteiger partial charge on any atom is -0.497 e. The van der Waals surface area contributed by atoms with Crippen LogP contribution in [-0.4, -0.2) is 26.1 Å². The number of anilines is 1. The third-order valence-electron chi connectivity index (χ3n) is 3.68. The summed E-state index contributed by atoms with van der Waals surface area (Å²) < 4.78 is 5.15. The molecule has 0 bridgehead atoms. The summed E-state index contributed by atoms with van der Waals surface area (Å²) >= 11 is 0. The predicted octanol–water partition coefficient (Wildman–Crippen LogP) is 3.11. The van der Waals surface area contributed by atoms with Gasteiger partial charge in [-0.2, -0.15) is 0 Å². The summed E-state index contributed by atoms with van der Waals surface area (Å²) in [5, 5.41) is 6.06. The molecule has 114 valence electrons. The quantitative estimate of drug-likeness (QED) is 0.758. The van der Waals surface area contributed by atoms with Gasteiger partial charge in [0.2, 0.25) is 5.91 Å². The zero-order chi connectivity index (χ0) is 14.9. The molecule has 0 saturated carbocycles. The molecule has 1 aromatic rings. The monoisotopic (exact) mass is 288 g/mol. The first kappa shape index (κ1) is 15.4. The van der Waals surface area contributed by atoms with Gasteiger partial charge in [0.15, 0.2) is 0 Å². The van der Waals surface area contributed by atoms with Crippen LogP contribution < -0.4 is 15.4 Å². The number of ether oxygens (including phenoxy) is 1. The summed E-state index contributed by atoms with van der Waals surface area (Å²) in [7, 11) is 1.63. The molecular weight excluding hydrogens is 264 g/mol. The molecule has 2 N–H and O–H groups in total. The molecule has 0 spiro atoms. The topological polar surface area (TPSA) is 50.4 Å². The molecule has 0 fully saturated rings. The van der Waals surface area contributed by atoms with Gasteiger partial charge in [0.25, 0.3) is 0 Å². The van der Waals surface area contributed by atoms with Crippen LogP contribution in [-0.2, 0) is 4.79 Å². The smallest absolute Gasteiger partial charge is 0.239 e. The van der Waals surface area contributed by atoms with Crippen molar-refractivity contribution in [2.75, 3.05) is 25.5 Å². The molecular formula is C17H24N2O2. The average molecular weight is 288 g/mol. The summed E-state index contributed by atoms with van der Waals surface area (Å²) in [6, 6.07) is 7.57. The molecule has 0 heterocycles. The van der Waals surface area contributed by atoms with Gasteiger partial charge in [-0.05, 0) is 44.2 Å². The highest BCUT2D eigenvalue weighted by Crippen LogP contribution is 2.19. The second kappa shape index (κ2) is 8.35. The Morgan fingerprint density at radius 2 is 2.24 bits per heavy atom. The SMILES string of the molecule is COc1cccc(NCC(=O)NCCC2=CCCCC2)c1. The van der Waals surface area contributed by atoms with E-state index in [4.69, 9.17) is 4.74 Å². The fraction of sp³-hybridized carbons (Fsp3) is 0.471. The van der Waals surface area contributed by atoms with Gasteiger partial charge >= 0.3 is 0 Å². The minimum absolute atomic E-state index is 0.0224. The summed E-state index contributed by atoms with van der Waals surface area (Å²) in [4.78, 5) is 11.8. The van der Waals surface area contributed by atoms with E-state index in [1.54, 1.807) is 7.11 Å². The van der Waals surface area contributed by atoms with E-state index in [0.717, 1.165) is 24.4 Å². The molecule has 0 unspecified atom stereocenters. The van der Waals surface area contributed by atoms with Crippen molar-refractivity contribution in [2.45, 2.75) is 32.1 Å². The summed E-state index contributed by atoms with van der Waals surface area (Å²) in [6.45, 7) is 1.01. The molecule has 0 saturated heterocycles. The van der Waals surface area contributed by atoms with Crippen LogP contribution in [0.1, 0.15) is 32.1 Å². The van der Waals surface area contributed by atoms with E-state index in [9.17, 15) is 4.79 Å². The number of carbonyl (C=O) groups is 1. The molecule has 2 rings (SSSR count). The molecule has 21 heavy (non-hydrogen) atoms. The van der Waals surface area contributed by atoms with Crippen molar-refractivity contribution in [3.8, 4) is 5.75 Å². The van der Waals surface area contributed by atoms with Crippen LogP contribution in [0.15, 0.2) is 35.9 Å². The molecule has 0 atom stereocenters. The van der Waals surface area contributed by atoms with E-state index in [0.29, 0.717) is 0 Å². The normalized spacial score (nSPS) is 14.2. The van der Waals surface area contributed by atoms with E-state index in [1.807, 2.05) is 24.3 Å². The van der Waals surface area contributed by atoms with Crippen molar-refractivity contribution < 1.29 is 9.53 Å². The first-order chi connectivity index (χ1) is 10.3. The number of methoxy groups -OCH3 is 1. The molecule has 0 radical (unpaired) electrons. The third kappa shape index (κ3) is 5.50. The van der Waals surface area contributed by atoms with E-state index in [-0.39, 0.29) is 12.5 Å². The largest absolute Gasteiger partial charge is 0.497 e. The van der Waals surface area contributed by atoms with E-state index in [2.05, 4.69) is 16.7 Å². The number of hydrogen-bond donors (Lipinski definition) is 2. The van der Waals surface area contributed by atoms with Crippen molar-refractivity contribution in [3.63, 3.8) is 0 Å². The van der Waals surface area contributed by atoms with Crippen molar-refractivity contribution in [1.29, 1.82) is 0 Å². The Balaban J connectivity index is 1.66. The lowest BCUT2D eigenvalue weighted by Gasteiger charge is -2.13. The first-order valence-electron chi connectivity index (χ1n) is 7.60. The van der Waals surface area contributed by atoms with Crippen LogP contribution in [0.5, 0.6) is 5.75 Å². The fourth-order valence-corrected chi connectivity index (χ4v) is 2.47. The highest BCUT2D eigenvalue weighted by atomic mass is 16.5. The molecule has 1 aliphatic rings. The van der Waals surface area contributed by atoms with Gasteiger partial charge in [-0.3, -0.25) is 4.79 Å². The summed E-state index contributed by atoms with van der Waals surface area (Å²) in [6.07, 6.45) is 8.28. The maximum atomic E-state index is 11.8. The Kier molecular flexibility index (Phi) is 6.13. The van der Waals surface area contributed by atoms with Crippen molar-refractivity contribution >= 4 is 11.6 Å². The Hall–Kier alpha value is -1.97. The Labute approximate surface area is 126 Å². The number of amides is 1. The molecule has 0 aromatic heterocycles. The van der Waals surface area contributed by atoms with Gasteiger partial charge < -0.3 is 15.4 Å². The van der Waals surface area contributed by atoms with Gasteiger partial charge in [-0.15, -0.1) is 0 Å². The highest BCUT2D eigenvalue weighted by Gasteiger charge is 2.05. The zero-order valence-electron chi connectivity index (χ0n) is 12.7. The average Bonchev–Trinajstić information content (AvgIpc) is 2.54. The van der Waals surface area contributed by atoms with Crippen molar-refractivity contribution in [1.82, 2.24) is 5.32 Å². The number of rotatable bonds is 7. The van der Waals surface area contributed by atoms with Crippen LogP contribution in [0.25, 0.3) is 0 Å². The predicted molar refractivity (Wildman–Crippen MR) is 85.7 cm³/mol. The molecule has 1 aromatic carbocycles. The fourth-order valence-electron chi connectivity index (χ4n) is 2.47. The molecule has 1 amide bonds. The Bertz CT molecular complexity index is 497.